The van der Waals surface area contributed by atoms with Crippen LogP contribution in [0.2, 0.25) is 0 Å². The summed E-state index contributed by atoms with van der Waals surface area (Å²) in [6, 6.07) is 3.24. The van der Waals surface area contributed by atoms with Crippen LogP contribution in [0.5, 0.6) is 0 Å². The monoisotopic (exact) mass is 225 g/mol. The van der Waals surface area contributed by atoms with Gasteiger partial charge >= 0.3 is 0 Å². The van der Waals surface area contributed by atoms with E-state index in [1.165, 1.54) is 6.26 Å². The highest BCUT2D eigenvalue weighted by molar-refractivity contribution is 5.91. The van der Waals surface area contributed by atoms with Crippen LogP contribution in [-0.2, 0) is 0 Å². The summed E-state index contributed by atoms with van der Waals surface area (Å²) >= 11 is 0. The van der Waals surface area contributed by atoms with Crippen molar-refractivity contribution in [1.82, 2.24) is 5.32 Å². The Labute approximate surface area is 95.7 Å². The van der Waals surface area contributed by atoms with E-state index in [2.05, 4.69) is 5.32 Å². The molecule has 0 saturated heterocycles. The van der Waals surface area contributed by atoms with E-state index >= 15 is 0 Å². The van der Waals surface area contributed by atoms with Gasteiger partial charge in [0.05, 0.1) is 12.4 Å². The molecule has 0 spiro atoms. The van der Waals surface area contributed by atoms with E-state index in [-0.39, 0.29) is 23.6 Å². The summed E-state index contributed by atoms with van der Waals surface area (Å²) in [4.78, 5) is 11.5. The maximum Gasteiger partial charge on any atom is 0.287 e. The summed E-state index contributed by atoms with van der Waals surface area (Å²) in [5.41, 5.74) is 0.0504. The van der Waals surface area contributed by atoms with Gasteiger partial charge in [-0.1, -0.05) is 20.8 Å². The fourth-order valence-electron chi connectivity index (χ4n) is 1.48. The number of carbonyl (C=O) groups excluding carboxylic acids is 1. The van der Waals surface area contributed by atoms with E-state index in [1.807, 2.05) is 20.8 Å². The number of rotatable bonds is 4. The fourth-order valence-corrected chi connectivity index (χ4v) is 1.48. The molecular formula is C12H19NO3. The van der Waals surface area contributed by atoms with Crippen LogP contribution < -0.4 is 5.32 Å². The van der Waals surface area contributed by atoms with Gasteiger partial charge in [0.25, 0.3) is 5.91 Å². The molecule has 1 heterocycles. The van der Waals surface area contributed by atoms with Gasteiger partial charge in [-0.25, -0.2) is 0 Å². The fraction of sp³-hybridized carbons (Fsp3) is 0.583. The lowest BCUT2D eigenvalue weighted by atomic mass is 9.89. The van der Waals surface area contributed by atoms with Crippen LogP contribution in [0.25, 0.3) is 0 Å². The molecule has 0 bridgehead atoms. The molecule has 0 aromatic carbocycles. The number of nitrogens with one attached hydrogen (secondary N) is 1. The number of furan rings is 1. The standard InChI is InChI=1S/C12H19NO3/c1-12(2,3)7-9(14)8-13-11(15)10-5-4-6-16-10/h4-6,9,14H,7-8H2,1-3H3,(H,13,15). The molecule has 1 unspecified atom stereocenters. The molecule has 4 heteroatoms. The summed E-state index contributed by atoms with van der Waals surface area (Å²) in [6.45, 7) is 6.39. The van der Waals surface area contributed by atoms with Gasteiger partial charge in [-0.3, -0.25) is 4.79 Å². The molecule has 1 aromatic rings. The molecule has 1 amide bonds. The zero-order valence-corrected chi connectivity index (χ0v) is 9.99. The van der Waals surface area contributed by atoms with Crippen molar-refractivity contribution in [2.75, 3.05) is 6.54 Å². The largest absolute Gasteiger partial charge is 0.459 e. The van der Waals surface area contributed by atoms with Crippen molar-refractivity contribution in [3.8, 4) is 0 Å². The van der Waals surface area contributed by atoms with Crippen LogP contribution in [0.1, 0.15) is 37.7 Å². The third-order valence-corrected chi connectivity index (χ3v) is 2.09. The first-order chi connectivity index (χ1) is 7.38. The van der Waals surface area contributed by atoms with Crippen LogP contribution in [0.15, 0.2) is 22.8 Å². The molecule has 0 aliphatic carbocycles. The Morgan fingerprint density at radius 3 is 2.75 bits per heavy atom. The molecule has 0 fully saturated rings. The molecule has 0 radical (unpaired) electrons. The average molecular weight is 225 g/mol. The Bertz CT molecular complexity index is 325. The molecule has 90 valence electrons. The SMILES string of the molecule is CC(C)(C)CC(O)CNC(=O)c1ccco1. The summed E-state index contributed by atoms with van der Waals surface area (Å²) < 4.78 is 4.93. The van der Waals surface area contributed by atoms with Crippen molar-refractivity contribution in [2.24, 2.45) is 5.41 Å². The zero-order chi connectivity index (χ0) is 12.2. The Kier molecular flexibility index (Phi) is 4.12. The van der Waals surface area contributed by atoms with E-state index in [0.717, 1.165) is 0 Å². The maximum absolute atomic E-state index is 11.5. The molecule has 1 atom stereocenters. The van der Waals surface area contributed by atoms with Crippen LogP contribution in [-0.4, -0.2) is 23.7 Å². The highest BCUT2D eigenvalue weighted by Gasteiger charge is 2.17. The first kappa shape index (κ1) is 12.8. The number of amides is 1. The van der Waals surface area contributed by atoms with Crippen LogP contribution in [0.3, 0.4) is 0 Å². The topological polar surface area (TPSA) is 62.5 Å². The van der Waals surface area contributed by atoms with Crippen molar-refractivity contribution in [1.29, 1.82) is 0 Å². The van der Waals surface area contributed by atoms with E-state index < -0.39 is 6.10 Å². The highest BCUT2D eigenvalue weighted by Crippen LogP contribution is 2.20. The van der Waals surface area contributed by atoms with Crippen LogP contribution in [0, 0.1) is 5.41 Å². The number of carbonyl (C=O) groups is 1. The van der Waals surface area contributed by atoms with Gasteiger partial charge in [0, 0.05) is 6.54 Å². The molecule has 4 nitrogen and oxygen atoms in total. The van der Waals surface area contributed by atoms with Gasteiger partial charge < -0.3 is 14.8 Å². The van der Waals surface area contributed by atoms with Crippen LogP contribution in [0.4, 0.5) is 0 Å². The number of hydrogen-bond donors (Lipinski definition) is 2. The molecule has 16 heavy (non-hydrogen) atoms. The molecule has 2 N–H and O–H groups in total. The number of hydrogen-bond acceptors (Lipinski definition) is 3. The lowest BCUT2D eigenvalue weighted by Gasteiger charge is -2.22. The minimum Gasteiger partial charge on any atom is -0.459 e. The first-order valence-electron chi connectivity index (χ1n) is 5.38. The Hall–Kier alpha value is -1.29. The Morgan fingerprint density at radius 1 is 1.56 bits per heavy atom. The van der Waals surface area contributed by atoms with E-state index in [4.69, 9.17) is 4.42 Å². The molecule has 0 saturated carbocycles. The zero-order valence-electron chi connectivity index (χ0n) is 9.99. The van der Waals surface area contributed by atoms with Crippen molar-refractivity contribution >= 4 is 5.91 Å². The predicted octanol–water partition coefficient (Wildman–Crippen LogP) is 1.81. The molecule has 1 rings (SSSR count). The summed E-state index contributed by atoms with van der Waals surface area (Å²) in [7, 11) is 0. The highest BCUT2D eigenvalue weighted by atomic mass is 16.3. The summed E-state index contributed by atoms with van der Waals surface area (Å²) in [5.74, 6) is -0.0269. The average Bonchev–Trinajstić information content (AvgIpc) is 2.64. The Morgan fingerprint density at radius 2 is 2.25 bits per heavy atom. The number of aliphatic hydroxyl groups is 1. The summed E-state index contributed by atoms with van der Waals surface area (Å²) in [5, 5.41) is 12.3. The van der Waals surface area contributed by atoms with E-state index in [1.54, 1.807) is 12.1 Å². The molecular weight excluding hydrogens is 206 g/mol. The normalized spacial score (nSPS) is 13.5. The van der Waals surface area contributed by atoms with Gasteiger partial charge in [-0.2, -0.15) is 0 Å². The van der Waals surface area contributed by atoms with E-state index in [9.17, 15) is 9.90 Å². The first-order valence-corrected chi connectivity index (χ1v) is 5.38. The van der Waals surface area contributed by atoms with Crippen molar-refractivity contribution in [2.45, 2.75) is 33.3 Å². The lowest BCUT2D eigenvalue weighted by Crippen LogP contribution is -2.34. The van der Waals surface area contributed by atoms with Crippen molar-refractivity contribution in [3.05, 3.63) is 24.2 Å². The second-order valence-corrected chi connectivity index (χ2v) is 5.11. The minimum atomic E-state index is -0.529. The second kappa shape index (κ2) is 5.16. The lowest BCUT2D eigenvalue weighted by molar-refractivity contribution is 0.0844. The van der Waals surface area contributed by atoms with Gasteiger partial charge in [-0.05, 0) is 24.0 Å². The van der Waals surface area contributed by atoms with E-state index in [0.29, 0.717) is 6.42 Å². The van der Waals surface area contributed by atoms with Gasteiger partial charge in [0.2, 0.25) is 0 Å². The number of aliphatic hydroxyl groups excluding tert-OH is 1. The third kappa shape index (κ3) is 4.49. The van der Waals surface area contributed by atoms with Gasteiger partial charge in [0.1, 0.15) is 0 Å². The van der Waals surface area contributed by atoms with Crippen molar-refractivity contribution < 1.29 is 14.3 Å². The summed E-state index contributed by atoms with van der Waals surface area (Å²) in [6.07, 6.45) is 1.56. The molecule has 0 aliphatic rings. The molecule has 1 aromatic heterocycles. The third-order valence-electron chi connectivity index (χ3n) is 2.09. The van der Waals surface area contributed by atoms with Crippen molar-refractivity contribution in [3.63, 3.8) is 0 Å². The van der Waals surface area contributed by atoms with Gasteiger partial charge in [0.15, 0.2) is 5.76 Å². The molecule has 0 aliphatic heterocycles. The predicted molar refractivity (Wildman–Crippen MR) is 61.1 cm³/mol. The smallest absolute Gasteiger partial charge is 0.287 e. The Balaban J connectivity index is 2.32. The van der Waals surface area contributed by atoms with Crippen LogP contribution >= 0.6 is 0 Å². The minimum absolute atomic E-state index is 0.0504. The maximum atomic E-state index is 11.5. The van der Waals surface area contributed by atoms with Gasteiger partial charge in [-0.15, -0.1) is 0 Å². The second-order valence-electron chi connectivity index (χ2n) is 5.11. The quantitative estimate of drug-likeness (QED) is 0.821.